The molecule has 1 aliphatic heterocycles. The molecule has 0 radical (unpaired) electrons. The summed E-state index contributed by atoms with van der Waals surface area (Å²) >= 11 is 0. The van der Waals surface area contributed by atoms with E-state index < -0.39 is 0 Å². The number of hydrogen-bond donors (Lipinski definition) is 0. The normalized spacial score (nSPS) is 14.9. The van der Waals surface area contributed by atoms with Crippen LogP contribution in [0.1, 0.15) is 22.5 Å². The van der Waals surface area contributed by atoms with Crippen molar-refractivity contribution in [2.75, 3.05) is 37.6 Å². The summed E-state index contributed by atoms with van der Waals surface area (Å²) in [4.78, 5) is 25.4. The van der Waals surface area contributed by atoms with Gasteiger partial charge in [-0.05, 0) is 25.1 Å². The molecule has 0 amide bonds. The van der Waals surface area contributed by atoms with Crippen molar-refractivity contribution >= 4 is 11.5 Å². The average molecular weight is 394 g/mol. The Labute approximate surface area is 168 Å². The molecule has 150 valence electrons. The molecule has 1 aromatic carbocycles. The molecule has 1 fully saturated rings. The summed E-state index contributed by atoms with van der Waals surface area (Å²) in [5.41, 5.74) is 1.99. The minimum Gasteiger partial charge on any atom is -0.367 e. The second kappa shape index (κ2) is 8.48. The summed E-state index contributed by atoms with van der Waals surface area (Å²) in [5.74, 6) is 0.320. The molecular formula is C21H23FN6O. The van der Waals surface area contributed by atoms with Gasteiger partial charge in [0, 0.05) is 51.5 Å². The third-order valence-corrected chi connectivity index (χ3v) is 5.27. The van der Waals surface area contributed by atoms with E-state index in [1.165, 1.54) is 6.07 Å². The number of halogens is 1. The Balaban J connectivity index is 1.32. The number of anilines is 1. The molecule has 4 rings (SSSR count). The van der Waals surface area contributed by atoms with E-state index in [0.717, 1.165) is 31.9 Å². The molecule has 3 aromatic rings. The highest BCUT2D eigenvalue weighted by atomic mass is 19.1. The summed E-state index contributed by atoms with van der Waals surface area (Å²) < 4.78 is 15.5. The lowest BCUT2D eigenvalue weighted by molar-refractivity contribution is 0.0962. The Morgan fingerprint density at radius 3 is 2.52 bits per heavy atom. The molecule has 3 heterocycles. The minimum atomic E-state index is -0.189. The predicted molar refractivity (Wildman–Crippen MR) is 108 cm³/mol. The molecule has 0 unspecified atom stereocenters. The molecule has 29 heavy (non-hydrogen) atoms. The van der Waals surface area contributed by atoms with Gasteiger partial charge in [-0.2, -0.15) is 5.10 Å². The van der Waals surface area contributed by atoms with Crippen molar-refractivity contribution in [3.05, 3.63) is 66.0 Å². The maximum absolute atomic E-state index is 14.0. The third kappa shape index (κ3) is 4.17. The second-order valence-corrected chi connectivity index (χ2v) is 7.06. The van der Waals surface area contributed by atoms with E-state index in [0.29, 0.717) is 30.2 Å². The molecule has 0 bridgehead atoms. The smallest absolute Gasteiger partial charge is 0.250 e. The fourth-order valence-corrected chi connectivity index (χ4v) is 3.60. The van der Waals surface area contributed by atoms with Crippen molar-refractivity contribution in [1.82, 2.24) is 24.6 Å². The van der Waals surface area contributed by atoms with Crippen molar-refractivity contribution in [2.24, 2.45) is 0 Å². The van der Waals surface area contributed by atoms with Gasteiger partial charge < -0.3 is 4.90 Å². The van der Waals surface area contributed by atoms with Gasteiger partial charge in [0.2, 0.25) is 0 Å². The van der Waals surface area contributed by atoms with Gasteiger partial charge in [-0.25, -0.2) is 19.0 Å². The van der Waals surface area contributed by atoms with Crippen LogP contribution in [0.3, 0.4) is 0 Å². The zero-order valence-electron chi connectivity index (χ0n) is 16.3. The first kappa shape index (κ1) is 19.2. The Morgan fingerprint density at radius 1 is 1.07 bits per heavy atom. The van der Waals surface area contributed by atoms with Crippen LogP contribution in [-0.2, 0) is 0 Å². The van der Waals surface area contributed by atoms with Crippen molar-refractivity contribution < 1.29 is 9.18 Å². The van der Waals surface area contributed by atoms with Gasteiger partial charge in [0.25, 0.3) is 5.95 Å². The van der Waals surface area contributed by atoms with E-state index in [1.807, 2.05) is 19.1 Å². The fraction of sp³-hybridized carbons (Fsp3) is 0.333. The largest absolute Gasteiger partial charge is 0.367 e. The Bertz CT molecular complexity index is 982. The summed E-state index contributed by atoms with van der Waals surface area (Å²) in [7, 11) is 0. The Hall–Kier alpha value is -3.13. The van der Waals surface area contributed by atoms with E-state index in [-0.39, 0.29) is 11.6 Å². The Kier molecular flexibility index (Phi) is 5.62. The first-order valence-electron chi connectivity index (χ1n) is 9.70. The number of piperazine rings is 1. The third-order valence-electron chi connectivity index (χ3n) is 5.27. The van der Waals surface area contributed by atoms with Gasteiger partial charge in [0.15, 0.2) is 5.78 Å². The maximum atomic E-state index is 14.0. The summed E-state index contributed by atoms with van der Waals surface area (Å²) in [6.07, 6.45) is 5.30. The lowest BCUT2D eigenvalue weighted by atomic mass is 10.1. The number of nitrogens with zero attached hydrogens (tertiary/aromatic N) is 6. The maximum Gasteiger partial charge on any atom is 0.250 e. The van der Waals surface area contributed by atoms with Gasteiger partial charge in [-0.15, -0.1) is 0 Å². The molecule has 8 heteroatoms. The zero-order chi connectivity index (χ0) is 20.2. The quantitative estimate of drug-likeness (QED) is 0.599. The summed E-state index contributed by atoms with van der Waals surface area (Å²) in [6.45, 7) is 5.63. The molecule has 0 N–H and O–H groups in total. The van der Waals surface area contributed by atoms with Crippen LogP contribution in [-0.4, -0.2) is 63.2 Å². The van der Waals surface area contributed by atoms with Gasteiger partial charge >= 0.3 is 0 Å². The SMILES string of the molecule is Cc1c(C(=O)CCN2CCN(c3ccccc3F)CC2)cnn1-c1ncccn1. The number of para-hydroxylation sites is 1. The van der Waals surface area contributed by atoms with Crippen LogP contribution in [0.5, 0.6) is 0 Å². The summed E-state index contributed by atoms with van der Waals surface area (Å²) in [5, 5.41) is 4.27. The first-order valence-corrected chi connectivity index (χ1v) is 9.70. The van der Waals surface area contributed by atoms with Crippen LogP contribution in [0.15, 0.2) is 48.9 Å². The number of carbonyl (C=O) groups excluding carboxylic acids is 1. The van der Waals surface area contributed by atoms with Crippen LogP contribution in [0.4, 0.5) is 10.1 Å². The number of benzene rings is 1. The topological polar surface area (TPSA) is 67.2 Å². The lowest BCUT2D eigenvalue weighted by Crippen LogP contribution is -2.47. The van der Waals surface area contributed by atoms with E-state index in [9.17, 15) is 9.18 Å². The molecule has 7 nitrogen and oxygen atoms in total. The van der Waals surface area contributed by atoms with E-state index in [4.69, 9.17) is 0 Å². The molecule has 1 saturated heterocycles. The van der Waals surface area contributed by atoms with Crippen molar-refractivity contribution in [3.63, 3.8) is 0 Å². The number of Topliss-reactive ketones (excluding diaryl/α,β-unsaturated/α-hetero) is 1. The monoisotopic (exact) mass is 394 g/mol. The van der Waals surface area contributed by atoms with Crippen LogP contribution in [0.2, 0.25) is 0 Å². The molecule has 0 atom stereocenters. The standard InChI is InChI=1S/C21H23FN6O/c1-16-17(15-25-28(16)21-23-8-4-9-24-21)20(29)7-10-26-11-13-27(14-12-26)19-6-3-2-5-18(19)22/h2-6,8-9,15H,7,10-14H2,1H3. The van der Waals surface area contributed by atoms with Crippen molar-refractivity contribution in [3.8, 4) is 5.95 Å². The van der Waals surface area contributed by atoms with Gasteiger partial charge in [0.05, 0.1) is 23.1 Å². The first-order chi connectivity index (χ1) is 14.1. The number of hydrogen-bond acceptors (Lipinski definition) is 6. The highest BCUT2D eigenvalue weighted by molar-refractivity contribution is 5.97. The van der Waals surface area contributed by atoms with E-state index in [2.05, 4.69) is 24.9 Å². The predicted octanol–water partition coefficient (Wildman–Crippen LogP) is 2.50. The number of carbonyl (C=O) groups is 1. The van der Waals surface area contributed by atoms with Crippen LogP contribution in [0.25, 0.3) is 5.95 Å². The van der Waals surface area contributed by atoms with E-state index in [1.54, 1.807) is 35.4 Å². The highest BCUT2D eigenvalue weighted by Crippen LogP contribution is 2.20. The van der Waals surface area contributed by atoms with Crippen LogP contribution in [0, 0.1) is 12.7 Å². The fourth-order valence-electron chi connectivity index (χ4n) is 3.60. The van der Waals surface area contributed by atoms with Crippen molar-refractivity contribution in [1.29, 1.82) is 0 Å². The van der Waals surface area contributed by atoms with Gasteiger partial charge in [-0.1, -0.05) is 12.1 Å². The molecule has 1 aliphatic rings. The van der Waals surface area contributed by atoms with E-state index >= 15 is 0 Å². The molecule has 0 spiro atoms. The number of aromatic nitrogens is 4. The van der Waals surface area contributed by atoms with Crippen LogP contribution >= 0.6 is 0 Å². The number of rotatable bonds is 6. The van der Waals surface area contributed by atoms with Gasteiger partial charge in [-0.3, -0.25) is 9.69 Å². The minimum absolute atomic E-state index is 0.0567. The molecule has 0 aliphatic carbocycles. The average Bonchev–Trinajstić information content (AvgIpc) is 3.15. The van der Waals surface area contributed by atoms with Gasteiger partial charge in [0.1, 0.15) is 5.82 Å². The number of ketones is 1. The molecule has 0 saturated carbocycles. The molecule has 2 aromatic heterocycles. The summed E-state index contributed by atoms with van der Waals surface area (Å²) in [6, 6.07) is 8.59. The lowest BCUT2D eigenvalue weighted by Gasteiger charge is -2.36. The van der Waals surface area contributed by atoms with Crippen molar-refractivity contribution in [2.45, 2.75) is 13.3 Å². The highest BCUT2D eigenvalue weighted by Gasteiger charge is 2.21. The zero-order valence-corrected chi connectivity index (χ0v) is 16.3. The van der Waals surface area contributed by atoms with Crippen LogP contribution < -0.4 is 4.90 Å². The second-order valence-electron chi connectivity index (χ2n) is 7.06. The molecular weight excluding hydrogens is 371 g/mol. The Morgan fingerprint density at radius 2 is 1.79 bits per heavy atom.